The lowest BCUT2D eigenvalue weighted by Crippen LogP contribution is -2.45. The fourth-order valence-corrected chi connectivity index (χ4v) is 5.01. The van der Waals surface area contributed by atoms with Gasteiger partial charge in [0.05, 0.1) is 6.61 Å². The Balaban J connectivity index is 0.00000210. The molecule has 4 atom stereocenters. The van der Waals surface area contributed by atoms with Crippen LogP contribution in [0.4, 0.5) is 0 Å². The van der Waals surface area contributed by atoms with Crippen LogP contribution >= 0.6 is 24.0 Å². The van der Waals surface area contributed by atoms with E-state index in [1.54, 1.807) is 11.1 Å². The SMILES string of the molecule is CN=C(NCC1C2CCc3ccccc3C21)NCC1(CCO)CCOC1.I. The predicted molar refractivity (Wildman–Crippen MR) is 119 cm³/mol. The Hall–Kier alpha value is -0.860. The largest absolute Gasteiger partial charge is 0.396 e. The predicted octanol–water partition coefficient (Wildman–Crippen LogP) is 2.53. The summed E-state index contributed by atoms with van der Waals surface area (Å²) in [7, 11) is 1.83. The van der Waals surface area contributed by atoms with Crippen molar-refractivity contribution in [1.82, 2.24) is 10.6 Å². The fraction of sp³-hybridized carbons (Fsp3) is 0.667. The van der Waals surface area contributed by atoms with Crippen molar-refractivity contribution in [3.63, 3.8) is 0 Å². The van der Waals surface area contributed by atoms with Gasteiger partial charge in [0, 0.05) is 38.8 Å². The monoisotopic (exact) mass is 485 g/mol. The average molecular weight is 485 g/mol. The maximum absolute atomic E-state index is 9.37. The van der Waals surface area contributed by atoms with Gasteiger partial charge in [0.15, 0.2) is 5.96 Å². The molecule has 1 aromatic rings. The highest BCUT2D eigenvalue weighted by Crippen LogP contribution is 2.59. The first-order chi connectivity index (χ1) is 12.8. The Morgan fingerprint density at radius 1 is 1.33 bits per heavy atom. The molecule has 150 valence electrons. The second kappa shape index (κ2) is 9.09. The molecule has 4 unspecified atom stereocenters. The summed E-state index contributed by atoms with van der Waals surface area (Å²) in [6, 6.07) is 8.95. The number of hydrogen-bond acceptors (Lipinski definition) is 3. The van der Waals surface area contributed by atoms with Crippen LogP contribution in [0.5, 0.6) is 0 Å². The molecule has 2 fully saturated rings. The van der Waals surface area contributed by atoms with Crippen molar-refractivity contribution in [2.24, 2.45) is 22.2 Å². The summed E-state index contributed by atoms with van der Waals surface area (Å²) in [6.07, 6.45) is 4.32. The van der Waals surface area contributed by atoms with Crippen LogP contribution in [0.2, 0.25) is 0 Å². The van der Waals surface area contributed by atoms with Crippen molar-refractivity contribution in [2.45, 2.75) is 31.6 Å². The summed E-state index contributed by atoms with van der Waals surface area (Å²) in [5.41, 5.74) is 3.16. The van der Waals surface area contributed by atoms with E-state index in [4.69, 9.17) is 4.74 Å². The van der Waals surface area contributed by atoms with E-state index in [-0.39, 0.29) is 36.0 Å². The number of aliphatic hydroxyl groups excluding tert-OH is 1. The van der Waals surface area contributed by atoms with Crippen LogP contribution in [0.3, 0.4) is 0 Å². The number of aliphatic imine (C=N–C) groups is 1. The highest BCUT2D eigenvalue weighted by molar-refractivity contribution is 14.0. The molecule has 2 aliphatic carbocycles. The molecule has 1 saturated carbocycles. The number of nitrogens with zero attached hydrogens (tertiary/aromatic N) is 1. The zero-order valence-corrected chi connectivity index (χ0v) is 18.4. The highest BCUT2D eigenvalue weighted by Gasteiger charge is 2.52. The topological polar surface area (TPSA) is 65.9 Å². The molecule has 0 amide bonds. The van der Waals surface area contributed by atoms with Crippen LogP contribution < -0.4 is 10.6 Å². The number of halogens is 1. The lowest BCUT2D eigenvalue weighted by Gasteiger charge is -2.27. The molecule has 1 aromatic carbocycles. The molecule has 1 aliphatic heterocycles. The summed E-state index contributed by atoms with van der Waals surface area (Å²) < 4.78 is 5.57. The van der Waals surface area contributed by atoms with Gasteiger partial charge in [0.2, 0.25) is 0 Å². The van der Waals surface area contributed by atoms with E-state index in [1.807, 2.05) is 7.05 Å². The lowest BCUT2D eigenvalue weighted by atomic mass is 9.84. The Kier molecular flexibility index (Phi) is 7.03. The van der Waals surface area contributed by atoms with E-state index in [2.05, 4.69) is 39.9 Å². The molecule has 3 N–H and O–H groups in total. The van der Waals surface area contributed by atoms with E-state index in [0.29, 0.717) is 0 Å². The van der Waals surface area contributed by atoms with Crippen molar-refractivity contribution in [3.05, 3.63) is 35.4 Å². The molecule has 3 aliphatic rings. The number of aliphatic hydroxyl groups is 1. The van der Waals surface area contributed by atoms with Crippen LogP contribution in [0.1, 0.15) is 36.3 Å². The molecule has 6 heteroatoms. The second-order valence-corrected chi connectivity index (χ2v) is 8.17. The first kappa shape index (κ1) is 20.9. The minimum absolute atomic E-state index is 0. The third-order valence-corrected chi connectivity index (χ3v) is 6.68. The molecule has 1 saturated heterocycles. The normalized spacial score (nSPS) is 31.5. The van der Waals surface area contributed by atoms with Gasteiger partial charge < -0.3 is 20.5 Å². The standard InChI is InChI=1S/C21H31N3O2.HI/c1-22-20(24-13-21(8-10-25)9-11-26-14-21)23-12-18-17-7-6-15-4-2-3-5-16(15)19(17)18;/h2-5,17-19,25H,6-14H2,1H3,(H2,22,23,24);1H. The molecule has 27 heavy (non-hydrogen) atoms. The second-order valence-electron chi connectivity index (χ2n) is 8.17. The number of ether oxygens (including phenoxy) is 1. The molecule has 1 heterocycles. The van der Waals surface area contributed by atoms with Gasteiger partial charge in [-0.15, -0.1) is 24.0 Å². The van der Waals surface area contributed by atoms with Gasteiger partial charge in [-0.3, -0.25) is 4.99 Å². The van der Waals surface area contributed by atoms with E-state index in [9.17, 15) is 5.11 Å². The quantitative estimate of drug-likeness (QED) is 0.329. The number of rotatable bonds is 6. The number of guanidine groups is 1. The number of benzene rings is 1. The maximum Gasteiger partial charge on any atom is 0.191 e. The minimum atomic E-state index is 0. The van der Waals surface area contributed by atoms with E-state index < -0.39 is 0 Å². The van der Waals surface area contributed by atoms with Gasteiger partial charge in [-0.1, -0.05) is 24.3 Å². The third kappa shape index (κ3) is 4.43. The summed E-state index contributed by atoms with van der Waals surface area (Å²) in [5, 5.41) is 16.4. The summed E-state index contributed by atoms with van der Waals surface area (Å²) in [4.78, 5) is 4.39. The maximum atomic E-state index is 9.37. The van der Waals surface area contributed by atoms with Crippen LogP contribution in [-0.4, -0.2) is 51.0 Å². The Morgan fingerprint density at radius 2 is 2.19 bits per heavy atom. The zero-order chi connectivity index (χ0) is 18.0. The smallest absolute Gasteiger partial charge is 0.191 e. The Labute approximate surface area is 179 Å². The van der Waals surface area contributed by atoms with Crippen LogP contribution in [0.25, 0.3) is 0 Å². The van der Waals surface area contributed by atoms with Crippen molar-refractivity contribution in [2.75, 3.05) is 40.0 Å². The Morgan fingerprint density at radius 3 is 2.93 bits per heavy atom. The number of hydrogen-bond donors (Lipinski definition) is 3. The zero-order valence-electron chi connectivity index (χ0n) is 16.1. The molecule has 0 spiro atoms. The van der Waals surface area contributed by atoms with Crippen molar-refractivity contribution < 1.29 is 9.84 Å². The van der Waals surface area contributed by atoms with Gasteiger partial charge in [0.1, 0.15) is 0 Å². The summed E-state index contributed by atoms with van der Waals surface area (Å²) in [6.45, 7) is 3.50. The van der Waals surface area contributed by atoms with Gasteiger partial charge in [-0.05, 0) is 54.6 Å². The van der Waals surface area contributed by atoms with E-state index in [0.717, 1.165) is 62.9 Å². The van der Waals surface area contributed by atoms with Crippen LogP contribution in [0.15, 0.2) is 29.3 Å². The molecule has 0 radical (unpaired) electrons. The molecule has 4 rings (SSSR count). The molecular formula is C21H32IN3O2. The van der Waals surface area contributed by atoms with Crippen molar-refractivity contribution >= 4 is 29.9 Å². The minimum Gasteiger partial charge on any atom is -0.396 e. The third-order valence-electron chi connectivity index (χ3n) is 6.68. The van der Waals surface area contributed by atoms with Gasteiger partial charge in [-0.25, -0.2) is 0 Å². The average Bonchev–Trinajstić information content (AvgIpc) is 3.20. The van der Waals surface area contributed by atoms with Gasteiger partial charge >= 0.3 is 0 Å². The molecule has 5 nitrogen and oxygen atoms in total. The number of nitrogens with one attached hydrogen (secondary N) is 2. The van der Waals surface area contributed by atoms with Crippen molar-refractivity contribution in [3.8, 4) is 0 Å². The molecular weight excluding hydrogens is 453 g/mol. The summed E-state index contributed by atoms with van der Waals surface area (Å²) >= 11 is 0. The van der Waals surface area contributed by atoms with Crippen LogP contribution in [-0.2, 0) is 11.2 Å². The Bertz CT molecular complexity index is 661. The first-order valence-electron chi connectivity index (χ1n) is 9.97. The van der Waals surface area contributed by atoms with Crippen LogP contribution in [0, 0.1) is 17.3 Å². The lowest BCUT2D eigenvalue weighted by molar-refractivity contribution is 0.127. The number of fused-ring (bicyclic) bond motifs is 3. The highest BCUT2D eigenvalue weighted by atomic mass is 127. The molecule has 0 bridgehead atoms. The first-order valence-corrected chi connectivity index (χ1v) is 9.97. The fourth-order valence-electron chi connectivity index (χ4n) is 5.01. The molecule has 0 aromatic heterocycles. The van der Waals surface area contributed by atoms with E-state index in [1.165, 1.54) is 12.8 Å². The summed E-state index contributed by atoms with van der Waals surface area (Å²) in [5.74, 6) is 3.15. The van der Waals surface area contributed by atoms with E-state index >= 15 is 0 Å². The van der Waals surface area contributed by atoms with Crippen molar-refractivity contribution in [1.29, 1.82) is 0 Å². The van der Waals surface area contributed by atoms with Gasteiger partial charge in [-0.2, -0.15) is 0 Å². The number of aryl methyl sites for hydroxylation is 1. The van der Waals surface area contributed by atoms with Gasteiger partial charge in [0.25, 0.3) is 0 Å².